The fraction of sp³-hybridized carbons (Fsp3) is 0.400. The fourth-order valence-corrected chi connectivity index (χ4v) is 3.60. The molecule has 5 nitrogen and oxygen atoms in total. The van der Waals surface area contributed by atoms with E-state index >= 15 is 0 Å². The first-order valence-electron chi connectivity index (χ1n) is 7.26. The van der Waals surface area contributed by atoms with Crippen LogP contribution < -0.4 is 0 Å². The van der Waals surface area contributed by atoms with E-state index in [1.54, 1.807) is 43.0 Å². The van der Waals surface area contributed by atoms with E-state index in [0.717, 1.165) is 17.9 Å². The molecule has 0 bridgehead atoms. The third-order valence-corrected chi connectivity index (χ3v) is 4.94. The number of benzene rings is 1. The molecule has 0 saturated carbocycles. The lowest BCUT2D eigenvalue weighted by Crippen LogP contribution is -2.26. The van der Waals surface area contributed by atoms with Gasteiger partial charge in [-0.15, -0.1) is 11.8 Å². The van der Waals surface area contributed by atoms with Crippen LogP contribution >= 0.6 is 11.8 Å². The second kappa shape index (κ2) is 6.46. The molecule has 0 radical (unpaired) electrons. The molecular weight excluding hydrogens is 343 g/mol. The van der Waals surface area contributed by atoms with Crippen molar-refractivity contribution >= 4 is 17.7 Å². The Balaban J connectivity index is 1.66. The maximum atomic E-state index is 12.5. The monoisotopic (exact) mass is 357 g/mol. The number of halogens is 3. The van der Waals surface area contributed by atoms with Gasteiger partial charge in [0.1, 0.15) is 0 Å². The van der Waals surface area contributed by atoms with E-state index in [4.69, 9.17) is 0 Å². The summed E-state index contributed by atoms with van der Waals surface area (Å²) in [6, 6.07) is 6.93. The van der Waals surface area contributed by atoms with Gasteiger partial charge in [-0.1, -0.05) is 5.16 Å². The summed E-state index contributed by atoms with van der Waals surface area (Å²) >= 11 is 1.65. The van der Waals surface area contributed by atoms with Crippen LogP contribution in [0.2, 0.25) is 0 Å². The standard InChI is InChI=1S/C15H14F3N3O2S/c1-9(22)21-7-6-12(8-21)24-11-4-2-10(3-5-11)13-19-14(23-20-13)15(16,17)18/h2-5,12H,6-8H2,1H3/t12-/m0/s1. The molecule has 1 fully saturated rings. The SMILES string of the molecule is CC(=O)N1CC[C@H](Sc2ccc(-c3noc(C(F)(F)F)n3)cc2)C1. The molecule has 0 N–H and O–H groups in total. The van der Waals surface area contributed by atoms with Gasteiger partial charge in [-0.05, 0) is 30.7 Å². The predicted octanol–water partition coefficient (Wildman–Crippen LogP) is 3.47. The summed E-state index contributed by atoms with van der Waals surface area (Å²) in [4.78, 5) is 17.5. The number of hydrogen-bond donors (Lipinski definition) is 0. The van der Waals surface area contributed by atoms with Crippen LogP contribution in [0, 0.1) is 0 Å². The van der Waals surface area contributed by atoms with Crippen LogP contribution in [0.3, 0.4) is 0 Å². The van der Waals surface area contributed by atoms with Crippen molar-refractivity contribution in [2.24, 2.45) is 0 Å². The minimum absolute atomic E-state index is 0.0750. The van der Waals surface area contributed by atoms with E-state index in [0.29, 0.717) is 17.4 Å². The molecular formula is C15H14F3N3O2S. The number of rotatable bonds is 3. The first-order valence-corrected chi connectivity index (χ1v) is 8.14. The highest BCUT2D eigenvalue weighted by atomic mass is 32.2. The van der Waals surface area contributed by atoms with Crippen molar-refractivity contribution < 1.29 is 22.5 Å². The highest BCUT2D eigenvalue weighted by Gasteiger charge is 2.38. The van der Waals surface area contributed by atoms with Crippen LogP contribution in [-0.4, -0.2) is 39.3 Å². The predicted molar refractivity (Wildman–Crippen MR) is 81.3 cm³/mol. The second-order valence-corrected chi connectivity index (χ2v) is 6.81. The molecule has 24 heavy (non-hydrogen) atoms. The third-order valence-electron chi connectivity index (χ3n) is 3.67. The number of amides is 1. The van der Waals surface area contributed by atoms with Crippen molar-refractivity contribution in [3.05, 3.63) is 30.2 Å². The molecule has 1 aliphatic rings. The largest absolute Gasteiger partial charge is 0.471 e. The molecule has 0 aliphatic carbocycles. The van der Waals surface area contributed by atoms with E-state index in [2.05, 4.69) is 14.7 Å². The smallest absolute Gasteiger partial charge is 0.342 e. The van der Waals surface area contributed by atoms with Gasteiger partial charge in [0.2, 0.25) is 11.7 Å². The highest BCUT2D eigenvalue weighted by molar-refractivity contribution is 8.00. The van der Waals surface area contributed by atoms with Gasteiger partial charge in [-0.3, -0.25) is 4.79 Å². The molecule has 9 heteroatoms. The average Bonchev–Trinajstić information content (AvgIpc) is 3.16. The van der Waals surface area contributed by atoms with Crippen LogP contribution in [0.4, 0.5) is 13.2 Å². The maximum absolute atomic E-state index is 12.5. The average molecular weight is 357 g/mol. The molecule has 128 valence electrons. The molecule has 1 aliphatic heterocycles. The third kappa shape index (κ3) is 3.72. The van der Waals surface area contributed by atoms with Gasteiger partial charge in [-0.25, -0.2) is 0 Å². The van der Waals surface area contributed by atoms with Crippen molar-refractivity contribution in [2.45, 2.75) is 29.7 Å². The number of hydrogen-bond acceptors (Lipinski definition) is 5. The summed E-state index contributed by atoms with van der Waals surface area (Å²) in [6.07, 6.45) is -3.72. The van der Waals surface area contributed by atoms with Gasteiger partial charge in [0, 0.05) is 35.7 Å². The van der Waals surface area contributed by atoms with Gasteiger partial charge >= 0.3 is 12.1 Å². The Morgan fingerprint density at radius 3 is 2.58 bits per heavy atom. The van der Waals surface area contributed by atoms with Crippen molar-refractivity contribution in [3.63, 3.8) is 0 Å². The van der Waals surface area contributed by atoms with E-state index in [1.165, 1.54) is 0 Å². The topological polar surface area (TPSA) is 59.2 Å². The molecule has 1 aromatic carbocycles. The van der Waals surface area contributed by atoms with Gasteiger partial charge in [0.15, 0.2) is 0 Å². The second-order valence-electron chi connectivity index (χ2n) is 5.44. The molecule has 1 amide bonds. The van der Waals surface area contributed by atoms with Crippen LogP contribution in [-0.2, 0) is 11.0 Å². The lowest BCUT2D eigenvalue weighted by Gasteiger charge is -2.13. The van der Waals surface area contributed by atoms with Crippen LogP contribution in [0.5, 0.6) is 0 Å². The van der Waals surface area contributed by atoms with Gasteiger partial charge in [0.25, 0.3) is 0 Å². The quantitative estimate of drug-likeness (QED) is 0.842. The zero-order valence-corrected chi connectivity index (χ0v) is 13.5. The number of thioether (sulfide) groups is 1. The Morgan fingerprint density at radius 2 is 2.04 bits per heavy atom. The molecule has 2 aromatic rings. The van der Waals surface area contributed by atoms with Gasteiger partial charge in [0.05, 0.1) is 0 Å². The summed E-state index contributed by atoms with van der Waals surface area (Å²) in [6.45, 7) is 3.03. The summed E-state index contributed by atoms with van der Waals surface area (Å²) in [5.41, 5.74) is 0.454. The van der Waals surface area contributed by atoms with Crippen LogP contribution in [0.1, 0.15) is 19.2 Å². The Bertz CT molecular complexity index is 730. The summed E-state index contributed by atoms with van der Waals surface area (Å²) in [5, 5.41) is 3.68. The number of aromatic nitrogens is 2. The van der Waals surface area contributed by atoms with Crippen molar-refractivity contribution in [1.82, 2.24) is 15.0 Å². The zero-order valence-electron chi connectivity index (χ0n) is 12.7. The molecule has 0 unspecified atom stereocenters. The van der Waals surface area contributed by atoms with Gasteiger partial charge in [-0.2, -0.15) is 18.2 Å². The van der Waals surface area contributed by atoms with Crippen molar-refractivity contribution in [2.75, 3.05) is 13.1 Å². The molecule has 1 saturated heterocycles. The lowest BCUT2D eigenvalue weighted by atomic mass is 10.2. The first-order chi connectivity index (χ1) is 11.3. The number of nitrogens with zero attached hydrogens (tertiary/aromatic N) is 3. The summed E-state index contributed by atoms with van der Waals surface area (Å²) in [5.74, 6) is -1.38. The van der Waals surface area contributed by atoms with E-state index in [9.17, 15) is 18.0 Å². The number of carbonyl (C=O) groups excluding carboxylic acids is 1. The van der Waals surface area contributed by atoms with E-state index in [1.807, 2.05) is 4.90 Å². The highest BCUT2D eigenvalue weighted by Crippen LogP contribution is 2.32. The Hall–Kier alpha value is -2.03. The summed E-state index contributed by atoms with van der Waals surface area (Å²) in [7, 11) is 0. The molecule has 1 atom stereocenters. The fourth-order valence-electron chi connectivity index (χ4n) is 2.44. The van der Waals surface area contributed by atoms with E-state index < -0.39 is 12.1 Å². The lowest BCUT2D eigenvalue weighted by molar-refractivity contribution is -0.159. The van der Waals surface area contributed by atoms with E-state index in [-0.39, 0.29) is 11.7 Å². The molecule has 3 rings (SSSR count). The van der Waals surface area contributed by atoms with Crippen molar-refractivity contribution in [3.8, 4) is 11.4 Å². The molecule has 1 aromatic heterocycles. The number of carbonyl (C=O) groups is 1. The Labute approximate surface area is 140 Å². The van der Waals surface area contributed by atoms with Crippen LogP contribution in [0.15, 0.2) is 33.7 Å². The van der Waals surface area contributed by atoms with Gasteiger partial charge < -0.3 is 9.42 Å². The Kier molecular flexibility index (Phi) is 4.53. The number of likely N-dealkylation sites (tertiary alicyclic amines) is 1. The number of alkyl halides is 3. The van der Waals surface area contributed by atoms with Crippen molar-refractivity contribution in [1.29, 1.82) is 0 Å². The Morgan fingerprint density at radius 1 is 1.33 bits per heavy atom. The van der Waals surface area contributed by atoms with Crippen LogP contribution in [0.25, 0.3) is 11.4 Å². The minimum Gasteiger partial charge on any atom is -0.342 e. The normalized spacial score (nSPS) is 18.2. The first kappa shape index (κ1) is 16.8. The summed E-state index contributed by atoms with van der Waals surface area (Å²) < 4.78 is 41.6. The molecule has 0 spiro atoms. The zero-order chi connectivity index (χ0) is 17.3. The molecule has 2 heterocycles. The minimum atomic E-state index is -4.65. The maximum Gasteiger partial charge on any atom is 0.471 e.